The van der Waals surface area contributed by atoms with Crippen LogP contribution in [-0.2, 0) is 0 Å². The summed E-state index contributed by atoms with van der Waals surface area (Å²) < 4.78 is 3.25. The molecule has 4 heteroatoms. The van der Waals surface area contributed by atoms with E-state index >= 15 is 0 Å². The zero-order valence-electron chi connectivity index (χ0n) is 7.97. The Labute approximate surface area is 106 Å². The third kappa shape index (κ3) is 22.6. The molecule has 0 N–H and O–H groups in total. The summed E-state index contributed by atoms with van der Waals surface area (Å²) in [7, 11) is 0. The maximum atomic E-state index is 2.29. The van der Waals surface area contributed by atoms with Crippen LogP contribution in [-0.4, -0.2) is 21.1 Å². The molecular formula is C8H21Cl3Sn. The van der Waals surface area contributed by atoms with Crippen molar-refractivity contribution in [1.29, 1.82) is 0 Å². The Morgan fingerprint density at radius 2 is 1.08 bits per heavy atom. The average Bonchev–Trinajstić information content (AvgIpc) is 1.89. The van der Waals surface area contributed by atoms with Gasteiger partial charge in [-0.2, -0.15) is 0 Å². The quantitative estimate of drug-likeness (QED) is 0.496. The van der Waals surface area contributed by atoms with Crippen molar-refractivity contribution >= 4 is 58.4 Å². The van der Waals surface area contributed by atoms with Gasteiger partial charge in [0, 0.05) is 0 Å². The van der Waals surface area contributed by atoms with E-state index in [1.807, 2.05) is 0 Å². The van der Waals surface area contributed by atoms with E-state index in [9.17, 15) is 0 Å². The molecule has 12 heavy (non-hydrogen) atoms. The molecule has 0 amide bonds. The Morgan fingerprint density at radius 1 is 0.750 bits per heavy atom. The zero-order chi connectivity index (χ0) is 6.95. The monoisotopic (exact) mass is 342 g/mol. The predicted octanol–water partition coefficient (Wildman–Crippen LogP) is 4.39. The van der Waals surface area contributed by atoms with Crippen LogP contribution in [0.1, 0.15) is 39.5 Å². The van der Waals surface area contributed by atoms with Crippen molar-refractivity contribution < 1.29 is 0 Å². The first kappa shape index (κ1) is 23.5. The van der Waals surface area contributed by atoms with Gasteiger partial charge in [-0.15, -0.1) is 37.2 Å². The van der Waals surface area contributed by atoms with Gasteiger partial charge in [0.2, 0.25) is 0 Å². The fourth-order valence-electron chi connectivity index (χ4n) is 0.729. The number of rotatable bonds is 6. The molecule has 0 unspecified atom stereocenters. The number of hydrogen-bond acceptors (Lipinski definition) is 0. The molecule has 78 valence electrons. The van der Waals surface area contributed by atoms with Gasteiger partial charge in [0.25, 0.3) is 0 Å². The first-order valence-corrected chi connectivity index (χ1v) is 8.16. The molecule has 0 atom stereocenters. The summed E-state index contributed by atoms with van der Waals surface area (Å²) in [5.74, 6) is 0. The topological polar surface area (TPSA) is 0 Å². The summed E-state index contributed by atoms with van der Waals surface area (Å²) in [6, 6.07) is 0. The molecule has 0 spiro atoms. The van der Waals surface area contributed by atoms with E-state index in [4.69, 9.17) is 0 Å². The first-order chi connectivity index (χ1) is 4.41. The molecular weight excluding hydrogens is 321 g/mol. The Hall–Kier alpha value is 1.67. The van der Waals surface area contributed by atoms with E-state index < -0.39 is 0 Å². The molecule has 2 radical (unpaired) electrons. The molecule has 0 aromatic heterocycles. The molecule has 0 heterocycles. The van der Waals surface area contributed by atoms with E-state index in [2.05, 4.69) is 13.8 Å². The maximum Gasteiger partial charge on any atom is -0.147 e. The van der Waals surface area contributed by atoms with Crippen molar-refractivity contribution in [3.05, 3.63) is 0 Å². The van der Waals surface area contributed by atoms with Crippen LogP contribution in [0.2, 0.25) is 8.87 Å². The molecule has 0 aliphatic heterocycles. The maximum absolute atomic E-state index is 2.29. The molecule has 0 aliphatic carbocycles. The molecule has 0 saturated heterocycles. The average molecular weight is 342 g/mol. The number of hydrogen-bond donors (Lipinski definition) is 0. The van der Waals surface area contributed by atoms with Crippen LogP contribution >= 0.6 is 37.2 Å². The third-order valence-corrected chi connectivity index (χ3v) is 5.45. The molecule has 0 saturated carbocycles. The van der Waals surface area contributed by atoms with Gasteiger partial charge in [0.1, 0.15) is 0 Å². The zero-order valence-corrected chi connectivity index (χ0v) is 13.3. The van der Waals surface area contributed by atoms with Gasteiger partial charge >= 0.3 is 69.5 Å². The molecule has 0 aliphatic rings. The van der Waals surface area contributed by atoms with Crippen LogP contribution < -0.4 is 0 Å². The summed E-state index contributed by atoms with van der Waals surface area (Å²) in [6.07, 6.45) is 5.84. The van der Waals surface area contributed by atoms with Crippen molar-refractivity contribution in [3.63, 3.8) is 0 Å². The minimum Gasteiger partial charge on any atom is -0.147 e. The van der Waals surface area contributed by atoms with Gasteiger partial charge in [0.05, 0.1) is 0 Å². The number of unbranched alkanes of at least 4 members (excludes halogenated alkanes) is 2. The second-order valence-corrected chi connectivity index (χ2v) is 6.74. The van der Waals surface area contributed by atoms with Crippen molar-refractivity contribution in [2.45, 2.75) is 48.4 Å². The second kappa shape index (κ2) is 23.0. The van der Waals surface area contributed by atoms with Crippen molar-refractivity contribution in [2.24, 2.45) is 0 Å². The van der Waals surface area contributed by atoms with E-state index in [-0.39, 0.29) is 58.4 Å². The largest absolute Gasteiger partial charge is 0.147 e. The van der Waals surface area contributed by atoms with Gasteiger partial charge < -0.3 is 0 Å². The van der Waals surface area contributed by atoms with Crippen LogP contribution in [0.3, 0.4) is 0 Å². The van der Waals surface area contributed by atoms with Crippen molar-refractivity contribution in [3.8, 4) is 0 Å². The predicted molar refractivity (Wildman–Crippen MR) is 66.9 cm³/mol. The van der Waals surface area contributed by atoms with Crippen LogP contribution in [0.5, 0.6) is 0 Å². The van der Waals surface area contributed by atoms with Gasteiger partial charge in [-0.1, -0.05) is 0 Å². The number of halogens is 3. The minimum absolute atomic E-state index is 0. The summed E-state index contributed by atoms with van der Waals surface area (Å²) >= 11 is 0.149. The van der Waals surface area contributed by atoms with Crippen LogP contribution in [0.25, 0.3) is 0 Å². The third-order valence-electron chi connectivity index (χ3n) is 1.41. The summed E-state index contributed by atoms with van der Waals surface area (Å²) in [5.41, 5.74) is 0. The SMILES string of the molecule is CCC[CH2][Sn][CH2]CCC.Cl.Cl.Cl. The molecule has 0 nitrogen and oxygen atoms in total. The summed E-state index contributed by atoms with van der Waals surface area (Å²) in [5, 5.41) is 0. The van der Waals surface area contributed by atoms with Crippen LogP contribution in [0.15, 0.2) is 0 Å². The van der Waals surface area contributed by atoms with Crippen LogP contribution in [0, 0.1) is 0 Å². The molecule has 0 aromatic carbocycles. The van der Waals surface area contributed by atoms with E-state index in [0.29, 0.717) is 0 Å². The van der Waals surface area contributed by atoms with E-state index in [1.54, 1.807) is 8.87 Å². The Kier molecular flexibility index (Phi) is 44.9. The Morgan fingerprint density at radius 3 is 1.33 bits per heavy atom. The van der Waals surface area contributed by atoms with Crippen LogP contribution in [0.4, 0.5) is 0 Å². The van der Waals surface area contributed by atoms with Gasteiger partial charge in [-0.3, -0.25) is 0 Å². The fourth-order valence-corrected chi connectivity index (χ4v) is 4.89. The first-order valence-electron chi connectivity index (χ1n) is 4.12. The summed E-state index contributed by atoms with van der Waals surface area (Å²) in [4.78, 5) is 0. The summed E-state index contributed by atoms with van der Waals surface area (Å²) in [6.45, 7) is 4.58. The fraction of sp³-hybridized carbons (Fsp3) is 1.00. The standard InChI is InChI=1S/2C4H9.3ClH.Sn/c2*1-3-4-2;;;;/h2*1,3-4H2,2H3;3*1H;. The van der Waals surface area contributed by atoms with Crippen molar-refractivity contribution in [1.82, 2.24) is 0 Å². The van der Waals surface area contributed by atoms with Gasteiger partial charge in [-0.25, -0.2) is 0 Å². The van der Waals surface area contributed by atoms with Gasteiger partial charge in [0.15, 0.2) is 0 Å². The van der Waals surface area contributed by atoms with Crippen molar-refractivity contribution in [2.75, 3.05) is 0 Å². The minimum atomic E-state index is 0. The molecule has 0 rings (SSSR count). The Balaban J connectivity index is -0.000000107. The van der Waals surface area contributed by atoms with E-state index in [0.717, 1.165) is 0 Å². The molecule has 0 bridgehead atoms. The molecule has 0 aromatic rings. The van der Waals surface area contributed by atoms with Gasteiger partial charge in [-0.05, 0) is 0 Å². The Bertz CT molecular complexity index is 47.6. The normalized spacial score (nSPS) is 7.50. The second-order valence-electron chi connectivity index (χ2n) is 2.46. The molecule has 0 fully saturated rings. The smallest absolute Gasteiger partial charge is 0.147 e. The van der Waals surface area contributed by atoms with E-state index in [1.165, 1.54) is 25.7 Å².